The molecule has 0 atom stereocenters. The number of rotatable bonds is 5. The molecule has 1 aromatic heterocycles. The molecule has 120 valence electrons. The summed E-state index contributed by atoms with van der Waals surface area (Å²) < 4.78 is 23.4. The molecular formula is C14H20N4O3S. The SMILES string of the molecule is O=C(c1ccc(N[SH](=O)=O)cn1)N1CCN(CC2CC2)CC1. The summed E-state index contributed by atoms with van der Waals surface area (Å²) in [7, 11) is -2.71. The van der Waals surface area contributed by atoms with Crippen molar-refractivity contribution >= 4 is 22.5 Å². The second kappa shape index (κ2) is 6.62. The summed E-state index contributed by atoms with van der Waals surface area (Å²) in [6, 6.07) is 3.11. The lowest BCUT2D eigenvalue weighted by atomic mass is 10.2. The Morgan fingerprint density at radius 3 is 2.50 bits per heavy atom. The topological polar surface area (TPSA) is 82.6 Å². The van der Waals surface area contributed by atoms with Crippen molar-refractivity contribution in [1.82, 2.24) is 14.8 Å². The van der Waals surface area contributed by atoms with Gasteiger partial charge in [0.1, 0.15) is 5.69 Å². The molecule has 0 bridgehead atoms. The molecule has 0 spiro atoms. The number of piperazine rings is 1. The summed E-state index contributed by atoms with van der Waals surface area (Å²) in [4.78, 5) is 20.7. The fourth-order valence-corrected chi connectivity index (χ4v) is 3.00. The Kier molecular flexibility index (Phi) is 4.58. The van der Waals surface area contributed by atoms with Gasteiger partial charge in [-0.05, 0) is 30.9 Å². The van der Waals surface area contributed by atoms with Gasteiger partial charge in [0.05, 0.1) is 11.9 Å². The molecule has 0 aromatic carbocycles. The Morgan fingerprint density at radius 2 is 1.95 bits per heavy atom. The number of amides is 1. The van der Waals surface area contributed by atoms with E-state index in [0.717, 1.165) is 38.6 Å². The van der Waals surface area contributed by atoms with Gasteiger partial charge in [0.25, 0.3) is 5.91 Å². The summed E-state index contributed by atoms with van der Waals surface area (Å²) in [5, 5.41) is 0. The van der Waals surface area contributed by atoms with Crippen LogP contribution in [-0.4, -0.2) is 61.8 Å². The number of nitrogens with zero attached hydrogens (tertiary/aromatic N) is 3. The summed E-state index contributed by atoms with van der Waals surface area (Å²) >= 11 is 0. The van der Waals surface area contributed by atoms with E-state index in [1.165, 1.54) is 19.0 Å². The maximum atomic E-state index is 12.4. The van der Waals surface area contributed by atoms with Crippen LogP contribution in [0.15, 0.2) is 18.3 Å². The predicted octanol–water partition coefficient (Wildman–Crippen LogP) is 0.188. The fraction of sp³-hybridized carbons (Fsp3) is 0.571. The first kappa shape index (κ1) is 15.2. The van der Waals surface area contributed by atoms with Crippen LogP contribution in [0.25, 0.3) is 0 Å². The second-order valence-corrected chi connectivity index (χ2v) is 6.58. The standard InChI is InChI=1S/C14H20N4O3S/c19-14(13-4-3-12(9-15-13)16-22(20)21)18-7-5-17(6-8-18)10-11-1-2-11/h3-4,9,11,22H,1-2,5-8,10H2,(H,16,20,21). The minimum atomic E-state index is -2.71. The molecule has 0 radical (unpaired) electrons. The smallest absolute Gasteiger partial charge is 0.272 e. The van der Waals surface area contributed by atoms with E-state index >= 15 is 0 Å². The van der Waals surface area contributed by atoms with Crippen molar-refractivity contribution < 1.29 is 13.2 Å². The van der Waals surface area contributed by atoms with Gasteiger partial charge in [-0.15, -0.1) is 0 Å². The molecule has 2 aliphatic rings. The third kappa shape index (κ3) is 3.95. The van der Waals surface area contributed by atoms with Gasteiger partial charge in [-0.1, -0.05) is 0 Å². The number of thiol groups is 1. The van der Waals surface area contributed by atoms with Crippen LogP contribution in [0.1, 0.15) is 23.3 Å². The quantitative estimate of drug-likeness (QED) is 0.756. The van der Waals surface area contributed by atoms with Crippen LogP contribution in [0.2, 0.25) is 0 Å². The second-order valence-electron chi connectivity index (χ2n) is 5.84. The first-order valence-corrected chi connectivity index (χ1v) is 8.68. The summed E-state index contributed by atoms with van der Waals surface area (Å²) in [5.74, 6) is 0.778. The Bertz CT molecular complexity index is 597. The first-order valence-electron chi connectivity index (χ1n) is 7.50. The number of anilines is 1. The van der Waals surface area contributed by atoms with Gasteiger partial charge in [0, 0.05) is 32.7 Å². The van der Waals surface area contributed by atoms with Gasteiger partial charge in [-0.25, -0.2) is 13.4 Å². The molecule has 2 fully saturated rings. The number of carbonyl (C=O) groups is 1. The van der Waals surface area contributed by atoms with Crippen LogP contribution in [0.4, 0.5) is 5.69 Å². The van der Waals surface area contributed by atoms with Gasteiger partial charge >= 0.3 is 0 Å². The molecule has 1 aliphatic carbocycles. The lowest BCUT2D eigenvalue weighted by molar-refractivity contribution is 0.0626. The molecule has 8 heteroatoms. The maximum Gasteiger partial charge on any atom is 0.272 e. The molecule has 1 aromatic rings. The van der Waals surface area contributed by atoms with E-state index < -0.39 is 10.9 Å². The highest BCUT2D eigenvalue weighted by Gasteiger charge is 2.28. The normalized spacial score (nSPS) is 19.4. The van der Waals surface area contributed by atoms with Gasteiger partial charge in [0.2, 0.25) is 10.9 Å². The van der Waals surface area contributed by atoms with Gasteiger partial charge in [-0.3, -0.25) is 14.4 Å². The molecule has 0 unspecified atom stereocenters. The third-order valence-corrected chi connectivity index (χ3v) is 4.52. The van der Waals surface area contributed by atoms with E-state index in [-0.39, 0.29) is 5.91 Å². The molecule has 1 saturated carbocycles. The van der Waals surface area contributed by atoms with E-state index in [4.69, 9.17) is 0 Å². The molecule has 1 N–H and O–H groups in total. The third-order valence-electron chi connectivity index (χ3n) is 4.08. The van der Waals surface area contributed by atoms with Gasteiger partial charge in [0.15, 0.2) is 0 Å². The van der Waals surface area contributed by atoms with E-state index in [9.17, 15) is 13.2 Å². The number of pyridine rings is 1. The molecule has 22 heavy (non-hydrogen) atoms. The van der Waals surface area contributed by atoms with Gasteiger partial charge < -0.3 is 4.90 Å². The van der Waals surface area contributed by atoms with E-state index in [1.807, 2.05) is 4.90 Å². The van der Waals surface area contributed by atoms with E-state index in [1.54, 1.807) is 12.1 Å². The molecule has 1 amide bonds. The Balaban J connectivity index is 1.54. The molecule has 3 rings (SSSR count). The van der Waals surface area contributed by atoms with Crippen molar-refractivity contribution in [1.29, 1.82) is 0 Å². The molecule has 7 nitrogen and oxygen atoms in total. The molecule has 1 saturated heterocycles. The minimum absolute atomic E-state index is 0.0934. The number of carbonyl (C=O) groups excluding carboxylic acids is 1. The van der Waals surface area contributed by atoms with Crippen LogP contribution in [0, 0.1) is 5.92 Å². The van der Waals surface area contributed by atoms with E-state index in [2.05, 4.69) is 14.6 Å². The fourth-order valence-electron chi connectivity index (χ4n) is 2.65. The van der Waals surface area contributed by atoms with Gasteiger partial charge in [-0.2, -0.15) is 0 Å². The number of hydrogen-bond donors (Lipinski definition) is 2. The summed E-state index contributed by atoms with van der Waals surface area (Å²) in [6.45, 7) is 4.43. The highest BCUT2D eigenvalue weighted by atomic mass is 32.2. The molecule has 1 aliphatic heterocycles. The van der Waals surface area contributed by atoms with Crippen molar-refractivity contribution in [2.24, 2.45) is 5.92 Å². The highest BCUT2D eigenvalue weighted by molar-refractivity contribution is 7.73. The van der Waals surface area contributed by atoms with Crippen LogP contribution in [0.5, 0.6) is 0 Å². The molecule has 2 heterocycles. The van der Waals surface area contributed by atoms with Crippen molar-refractivity contribution in [2.75, 3.05) is 37.4 Å². The number of aromatic nitrogens is 1. The van der Waals surface area contributed by atoms with Crippen LogP contribution in [-0.2, 0) is 10.9 Å². The highest BCUT2D eigenvalue weighted by Crippen LogP contribution is 2.29. The average molecular weight is 324 g/mol. The lowest BCUT2D eigenvalue weighted by Crippen LogP contribution is -2.49. The average Bonchev–Trinajstić information content (AvgIpc) is 3.31. The van der Waals surface area contributed by atoms with Crippen LogP contribution < -0.4 is 4.72 Å². The van der Waals surface area contributed by atoms with Crippen molar-refractivity contribution in [2.45, 2.75) is 12.8 Å². The number of hydrogen-bond acceptors (Lipinski definition) is 5. The Labute approximate surface area is 131 Å². The van der Waals surface area contributed by atoms with Crippen LogP contribution >= 0.6 is 0 Å². The summed E-state index contributed by atoms with van der Waals surface area (Å²) in [5.41, 5.74) is 0.712. The van der Waals surface area contributed by atoms with Crippen molar-refractivity contribution in [3.05, 3.63) is 24.0 Å². The predicted molar refractivity (Wildman–Crippen MR) is 83.2 cm³/mol. The zero-order valence-corrected chi connectivity index (χ0v) is 13.2. The zero-order chi connectivity index (χ0) is 15.5. The Morgan fingerprint density at radius 1 is 1.23 bits per heavy atom. The first-order chi connectivity index (χ1) is 10.6. The zero-order valence-electron chi connectivity index (χ0n) is 12.3. The largest absolute Gasteiger partial charge is 0.335 e. The maximum absolute atomic E-state index is 12.4. The lowest BCUT2D eigenvalue weighted by Gasteiger charge is -2.34. The van der Waals surface area contributed by atoms with Crippen molar-refractivity contribution in [3.8, 4) is 0 Å². The monoisotopic (exact) mass is 324 g/mol. The minimum Gasteiger partial charge on any atom is -0.335 e. The van der Waals surface area contributed by atoms with Crippen LogP contribution in [0.3, 0.4) is 0 Å². The molecular weight excluding hydrogens is 304 g/mol. The number of nitrogens with one attached hydrogen (secondary N) is 1. The van der Waals surface area contributed by atoms with E-state index in [0.29, 0.717) is 11.4 Å². The summed E-state index contributed by atoms with van der Waals surface area (Å²) in [6.07, 6.45) is 4.05. The Hall–Kier alpha value is -1.67. The van der Waals surface area contributed by atoms with Crippen molar-refractivity contribution in [3.63, 3.8) is 0 Å².